The molecule has 1 aliphatic rings. The van der Waals surface area contributed by atoms with Gasteiger partial charge in [-0.05, 0) is 30.7 Å². The molecule has 2 aromatic carbocycles. The summed E-state index contributed by atoms with van der Waals surface area (Å²) >= 11 is 0. The lowest BCUT2D eigenvalue weighted by atomic mass is 10.0. The van der Waals surface area contributed by atoms with Crippen LogP contribution >= 0.6 is 0 Å². The van der Waals surface area contributed by atoms with Crippen molar-refractivity contribution >= 4 is 5.97 Å². The lowest BCUT2D eigenvalue weighted by Gasteiger charge is -2.32. The van der Waals surface area contributed by atoms with E-state index in [9.17, 15) is 24.3 Å². The van der Waals surface area contributed by atoms with Crippen molar-refractivity contribution in [1.29, 1.82) is 5.26 Å². The fourth-order valence-electron chi connectivity index (χ4n) is 3.88. The predicted molar refractivity (Wildman–Crippen MR) is 120 cm³/mol. The van der Waals surface area contributed by atoms with Gasteiger partial charge in [0.2, 0.25) is 6.23 Å². The molecule has 0 saturated carbocycles. The number of pyridine rings is 1. The fraction of sp³-hybridized carbons (Fsp3) is 0.240. The smallest absolute Gasteiger partial charge is 0.341 e. The monoisotopic (exact) mass is 464 g/mol. The van der Waals surface area contributed by atoms with E-state index in [0.717, 1.165) is 0 Å². The van der Waals surface area contributed by atoms with Crippen molar-refractivity contribution in [2.75, 3.05) is 20.3 Å². The van der Waals surface area contributed by atoms with Crippen LogP contribution in [0.2, 0.25) is 0 Å². The maximum Gasteiger partial charge on any atom is 0.341 e. The van der Waals surface area contributed by atoms with Crippen LogP contribution in [0.1, 0.15) is 39.7 Å². The summed E-state index contributed by atoms with van der Waals surface area (Å²) in [5.74, 6) is -1.26. The van der Waals surface area contributed by atoms with E-state index in [1.54, 1.807) is 26.2 Å². The van der Waals surface area contributed by atoms with Gasteiger partial charge in [-0.15, -0.1) is 0 Å². The molecule has 0 spiro atoms. The van der Waals surface area contributed by atoms with Gasteiger partial charge in [0.25, 0.3) is 0 Å². The summed E-state index contributed by atoms with van der Waals surface area (Å²) in [6.45, 7) is 2.53. The molecule has 1 aliphatic heterocycles. The second-order valence-corrected chi connectivity index (χ2v) is 7.83. The van der Waals surface area contributed by atoms with Crippen LogP contribution in [0.4, 0.5) is 4.39 Å². The highest BCUT2D eigenvalue weighted by Crippen LogP contribution is 2.43. The molecular formula is C25H21FN2O6. The molecule has 2 heterocycles. The summed E-state index contributed by atoms with van der Waals surface area (Å²) in [5, 5.41) is 19.1. The van der Waals surface area contributed by atoms with E-state index in [-0.39, 0.29) is 5.56 Å². The Morgan fingerprint density at radius 2 is 2.03 bits per heavy atom. The number of benzene rings is 2. The first-order chi connectivity index (χ1) is 16.3. The highest BCUT2D eigenvalue weighted by atomic mass is 19.1. The molecule has 9 heteroatoms. The molecule has 1 atom stereocenters. The molecule has 0 fully saturated rings. The molecule has 0 amide bonds. The van der Waals surface area contributed by atoms with Crippen molar-refractivity contribution in [1.82, 2.24) is 4.57 Å². The number of methoxy groups -OCH3 is 1. The number of carbonyl (C=O) groups is 1. The van der Waals surface area contributed by atoms with Gasteiger partial charge in [0.1, 0.15) is 28.9 Å². The van der Waals surface area contributed by atoms with Crippen LogP contribution in [0.5, 0.6) is 11.5 Å². The van der Waals surface area contributed by atoms with Crippen LogP contribution in [0.3, 0.4) is 0 Å². The molecule has 0 aliphatic carbocycles. The van der Waals surface area contributed by atoms with Gasteiger partial charge in [0.15, 0.2) is 5.43 Å². The Labute approximate surface area is 194 Å². The van der Waals surface area contributed by atoms with Crippen LogP contribution in [0.15, 0.2) is 47.4 Å². The van der Waals surface area contributed by atoms with Crippen molar-refractivity contribution in [2.24, 2.45) is 0 Å². The highest BCUT2D eigenvalue weighted by molar-refractivity contribution is 5.88. The van der Waals surface area contributed by atoms with Gasteiger partial charge in [0, 0.05) is 49.6 Å². The van der Waals surface area contributed by atoms with E-state index in [0.29, 0.717) is 53.5 Å². The average molecular weight is 464 g/mol. The molecule has 4 rings (SSSR count). The SMILES string of the molecule is COCCCOc1cc2c(cc1C#N)-c1cc(=O)c(C(=O)O)cn1C(c1cc(C)cc(F)c1)O2. The summed E-state index contributed by atoms with van der Waals surface area (Å²) in [6, 6.07) is 10.7. The van der Waals surface area contributed by atoms with Crippen molar-refractivity contribution < 1.29 is 28.5 Å². The Morgan fingerprint density at radius 1 is 1.24 bits per heavy atom. The second-order valence-electron chi connectivity index (χ2n) is 7.83. The van der Waals surface area contributed by atoms with Crippen LogP contribution < -0.4 is 14.9 Å². The van der Waals surface area contributed by atoms with Gasteiger partial charge < -0.3 is 23.9 Å². The van der Waals surface area contributed by atoms with E-state index in [2.05, 4.69) is 6.07 Å². The lowest BCUT2D eigenvalue weighted by molar-refractivity contribution is 0.0693. The summed E-state index contributed by atoms with van der Waals surface area (Å²) in [6.07, 6.45) is 0.834. The van der Waals surface area contributed by atoms with E-state index in [4.69, 9.17) is 14.2 Å². The van der Waals surface area contributed by atoms with E-state index in [1.165, 1.54) is 35.0 Å². The number of hydrogen-bond acceptors (Lipinski definition) is 6. The van der Waals surface area contributed by atoms with E-state index >= 15 is 0 Å². The summed E-state index contributed by atoms with van der Waals surface area (Å²) in [4.78, 5) is 24.1. The lowest BCUT2D eigenvalue weighted by Crippen LogP contribution is -2.28. The minimum atomic E-state index is -1.39. The van der Waals surface area contributed by atoms with Gasteiger partial charge in [-0.2, -0.15) is 5.26 Å². The van der Waals surface area contributed by atoms with Crippen molar-refractivity contribution in [3.8, 4) is 28.8 Å². The molecule has 8 nitrogen and oxygen atoms in total. The topological polar surface area (TPSA) is 111 Å². The first-order valence-corrected chi connectivity index (χ1v) is 10.5. The number of carboxylic acid groups (broad SMARTS) is 1. The van der Waals surface area contributed by atoms with Gasteiger partial charge in [-0.1, -0.05) is 6.07 Å². The molecule has 1 aromatic heterocycles. The Balaban J connectivity index is 1.89. The minimum Gasteiger partial charge on any atom is -0.492 e. The van der Waals surface area contributed by atoms with E-state index in [1.807, 2.05) is 0 Å². The molecule has 0 radical (unpaired) electrons. The molecular weight excluding hydrogens is 443 g/mol. The Morgan fingerprint density at radius 3 is 2.71 bits per heavy atom. The number of ether oxygens (including phenoxy) is 3. The van der Waals surface area contributed by atoms with E-state index < -0.39 is 29.0 Å². The highest BCUT2D eigenvalue weighted by Gasteiger charge is 2.30. The Kier molecular flexibility index (Phi) is 6.34. The first kappa shape index (κ1) is 23.0. The average Bonchev–Trinajstić information content (AvgIpc) is 2.79. The van der Waals surface area contributed by atoms with Crippen LogP contribution in [-0.4, -0.2) is 36.0 Å². The molecule has 1 N–H and O–H groups in total. The zero-order valence-corrected chi connectivity index (χ0v) is 18.5. The zero-order chi connectivity index (χ0) is 24.4. The standard InChI is InChI=1S/C25H21FN2O6/c1-14-6-15(8-17(26)7-14)24-28-13-19(25(30)31)21(29)10-20(28)18-9-16(12-27)22(11-23(18)34-24)33-5-3-4-32-2/h6-11,13,24H,3-5H2,1-2H3,(H,30,31). The summed E-state index contributed by atoms with van der Waals surface area (Å²) in [5.41, 5.74) is 0.904. The largest absolute Gasteiger partial charge is 0.492 e. The third-order valence-electron chi connectivity index (χ3n) is 5.38. The number of hydrogen-bond donors (Lipinski definition) is 1. The van der Waals surface area contributed by atoms with Gasteiger partial charge in [-0.3, -0.25) is 4.79 Å². The summed E-state index contributed by atoms with van der Waals surface area (Å²) in [7, 11) is 1.58. The number of aryl methyl sites for hydroxylation is 1. The summed E-state index contributed by atoms with van der Waals surface area (Å²) < 4.78 is 32.6. The molecule has 0 saturated heterocycles. The first-order valence-electron chi connectivity index (χ1n) is 10.5. The van der Waals surface area contributed by atoms with Gasteiger partial charge in [0.05, 0.1) is 17.9 Å². The number of nitriles is 1. The Bertz CT molecular complexity index is 1350. The van der Waals surface area contributed by atoms with Crippen LogP contribution in [0.25, 0.3) is 11.3 Å². The number of aromatic nitrogens is 1. The maximum absolute atomic E-state index is 14.2. The van der Waals surface area contributed by atoms with Crippen LogP contribution in [0, 0.1) is 24.1 Å². The minimum absolute atomic E-state index is 0.223. The van der Waals surface area contributed by atoms with Crippen molar-refractivity contribution in [2.45, 2.75) is 19.6 Å². The van der Waals surface area contributed by atoms with Crippen molar-refractivity contribution in [3.05, 3.63) is 80.9 Å². The normalized spacial score (nSPS) is 13.9. The zero-order valence-electron chi connectivity index (χ0n) is 18.5. The predicted octanol–water partition coefficient (Wildman–Crippen LogP) is 3.89. The van der Waals surface area contributed by atoms with Crippen molar-refractivity contribution in [3.63, 3.8) is 0 Å². The quantitative estimate of drug-likeness (QED) is 0.528. The molecule has 3 aromatic rings. The molecule has 34 heavy (non-hydrogen) atoms. The Hall–Kier alpha value is -4.16. The number of nitrogens with zero attached hydrogens (tertiary/aromatic N) is 2. The fourth-order valence-corrected chi connectivity index (χ4v) is 3.88. The van der Waals surface area contributed by atoms with Gasteiger partial charge >= 0.3 is 5.97 Å². The molecule has 1 unspecified atom stereocenters. The maximum atomic E-state index is 14.2. The van der Waals surface area contributed by atoms with Crippen LogP contribution in [-0.2, 0) is 4.74 Å². The number of carboxylic acids is 1. The number of aromatic carboxylic acids is 1. The third kappa shape index (κ3) is 4.36. The third-order valence-corrected chi connectivity index (χ3v) is 5.38. The second kappa shape index (κ2) is 9.37. The molecule has 0 bridgehead atoms. The number of halogens is 1. The van der Waals surface area contributed by atoms with Gasteiger partial charge in [-0.25, -0.2) is 9.18 Å². The number of fused-ring (bicyclic) bond motifs is 3. The molecule has 174 valence electrons. The number of rotatable bonds is 7.